The largest absolute Gasteiger partial charge is 0.497 e. The van der Waals surface area contributed by atoms with E-state index in [0.29, 0.717) is 12.0 Å². The van der Waals surface area contributed by atoms with Crippen LogP contribution in [0.2, 0.25) is 0 Å². The van der Waals surface area contributed by atoms with Crippen LogP contribution in [0.3, 0.4) is 0 Å². The summed E-state index contributed by atoms with van der Waals surface area (Å²) in [7, 11) is 1.65. The number of rotatable bonds is 12. The Labute approximate surface area is 201 Å². The molecule has 0 aliphatic heterocycles. The molecule has 32 heavy (non-hydrogen) atoms. The lowest BCUT2D eigenvalue weighted by atomic mass is 9.82. The molecule has 2 aromatic carbocycles. The SMILES string of the molecule is COc1ccc(C=CC(=O)c2ccc(C3CCC(OCCCCCCBr)CC3)cc2)cc1. The molecule has 0 amide bonds. The number of hydrogen-bond acceptors (Lipinski definition) is 3. The Hall–Kier alpha value is -1.91. The number of allylic oxidation sites excluding steroid dienone is 1. The molecule has 172 valence electrons. The first-order valence-corrected chi connectivity index (χ1v) is 13.0. The standard InChI is InChI=1S/C28H35BrO3/c1-31-26-15-6-22(7-16-26)8-19-28(30)25-11-9-23(10-12-25)24-13-17-27(18-14-24)32-21-5-3-2-4-20-29/h6-12,15-16,19,24,27H,2-5,13-14,17-18,20-21H2,1H3. The fourth-order valence-corrected chi connectivity index (χ4v) is 4.66. The molecule has 1 aliphatic carbocycles. The number of hydrogen-bond donors (Lipinski definition) is 0. The number of ketones is 1. The number of methoxy groups -OCH3 is 1. The minimum Gasteiger partial charge on any atom is -0.497 e. The van der Waals surface area contributed by atoms with Gasteiger partial charge in [0.05, 0.1) is 13.2 Å². The van der Waals surface area contributed by atoms with Gasteiger partial charge in [-0.15, -0.1) is 0 Å². The molecule has 0 N–H and O–H groups in total. The van der Waals surface area contributed by atoms with Crippen molar-refractivity contribution in [3.05, 3.63) is 71.3 Å². The van der Waals surface area contributed by atoms with Gasteiger partial charge in [-0.1, -0.05) is 71.2 Å². The molecule has 3 nitrogen and oxygen atoms in total. The Balaban J connectivity index is 1.42. The van der Waals surface area contributed by atoms with Gasteiger partial charge in [-0.25, -0.2) is 0 Å². The Morgan fingerprint density at radius 3 is 2.28 bits per heavy atom. The number of unbranched alkanes of at least 4 members (excludes halogenated alkanes) is 3. The predicted octanol–water partition coefficient (Wildman–Crippen LogP) is 7.59. The van der Waals surface area contributed by atoms with Crippen LogP contribution < -0.4 is 4.74 Å². The molecule has 0 spiro atoms. The monoisotopic (exact) mass is 498 g/mol. The number of halogens is 1. The molecular weight excluding hydrogens is 464 g/mol. The van der Waals surface area contributed by atoms with Crippen molar-refractivity contribution in [2.24, 2.45) is 0 Å². The van der Waals surface area contributed by atoms with Crippen LogP contribution >= 0.6 is 15.9 Å². The third-order valence-electron chi connectivity index (χ3n) is 6.27. The van der Waals surface area contributed by atoms with E-state index in [0.717, 1.165) is 41.7 Å². The highest BCUT2D eigenvalue weighted by Gasteiger charge is 2.22. The van der Waals surface area contributed by atoms with Gasteiger partial charge in [-0.05, 0) is 73.8 Å². The Morgan fingerprint density at radius 1 is 0.938 bits per heavy atom. The van der Waals surface area contributed by atoms with E-state index >= 15 is 0 Å². The van der Waals surface area contributed by atoms with Crippen LogP contribution in [0, 0.1) is 0 Å². The van der Waals surface area contributed by atoms with E-state index in [-0.39, 0.29) is 5.78 Å². The van der Waals surface area contributed by atoms with Crippen LogP contribution in [0.25, 0.3) is 6.08 Å². The summed E-state index contributed by atoms with van der Waals surface area (Å²) < 4.78 is 11.3. The first kappa shape index (κ1) is 24.7. The molecule has 2 aromatic rings. The van der Waals surface area contributed by atoms with Gasteiger partial charge in [-0.2, -0.15) is 0 Å². The number of carbonyl (C=O) groups excluding carboxylic acids is 1. The van der Waals surface area contributed by atoms with Gasteiger partial charge >= 0.3 is 0 Å². The predicted molar refractivity (Wildman–Crippen MR) is 136 cm³/mol. The minimum absolute atomic E-state index is 0.0283. The van der Waals surface area contributed by atoms with E-state index in [1.54, 1.807) is 13.2 Å². The van der Waals surface area contributed by atoms with E-state index in [1.807, 2.05) is 42.5 Å². The Bertz CT molecular complexity index is 834. The molecule has 1 aliphatic rings. The quantitative estimate of drug-likeness (QED) is 0.131. The van der Waals surface area contributed by atoms with Crippen molar-refractivity contribution in [1.29, 1.82) is 0 Å². The van der Waals surface area contributed by atoms with E-state index < -0.39 is 0 Å². The summed E-state index contributed by atoms with van der Waals surface area (Å²) in [6, 6.07) is 15.9. The Kier molecular flexibility index (Phi) is 10.5. The number of alkyl halides is 1. The van der Waals surface area contributed by atoms with Crippen molar-refractivity contribution in [3.8, 4) is 5.75 Å². The van der Waals surface area contributed by atoms with Crippen molar-refractivity contribution in [1.82, 2.24) is 0 Å². The van der Waals surface area contributed by atoms with Crippen LogP contribution in [-0.4, -0.2) is 30.9 Å². The first-order valence-electron chi connectivity index (χ1n) is 11.8. The zero-order valence-electron chi connectivity index (χ0n) is 19.1. The van der Waals surface area contributed by atoms with Crippen molar-refractivity contribution >= 4 is 27.8 Å². The van der Waals surface area contributed by atoms with E-state index in [2.05, 4.69) is 28.1 Å². The average Bonchev–Trinajstić information content (AvgIpc) is 2.85. The summed E-state index contributed by atoms with van der Waals surface area (Å²) in [5, 5.41) is 1.10. The zero-order valence-corrected chi connectivity index (χ0v) is 20.7. The molecule has 0 heterocycles. The van der Waals surface area contributed by atoms with Gasteiger partial charge in [0, 0.05) is 17.5 Å². The molecule has 0 saturated heterocycles. The summed E-state index contributed by atoms with van der Waals surface area (Å²) in [5.41, 5.74) is 3.05. The third-order valence-corrected chi connectivity index (χ3v) is 6.83. The lowest BCUT2D eigenvalue weighted by Gasteiger charge is -2.29. The molecule has 1 fully saturated rings. The van der Waals surface area contributed by atoms with E-state index in [4.69, 9.17) is 9.47 Å². The maximum absolute atomic E-state index is 12.5. The molecule has 0 atom stereocenters. The normalized spacial score (nSPS) is 18.7. The molecule has 0 radical (unpaired) electrons. The molecule has 0 unspecified atom stereocenters. The van der Waals surface area contributed by atoms with Crippen LogP contribution in [0.5, 0.6) is 5.75 Å². The van der Waals surface area contributed by atoms with Gasteiger partial charge in [0.15, 0.2) is 5.78 Å². The van der Waals surface area contributed by atoms with Crippen LogP contribution in [0.4, 0.5) is 0 Å². The first-order chi connectivity index (χ1) is 15.7. The van der Waals surface area contributed by atoms with Gasteiger partial charge < -0.3 is 9.47 Å². The van der Waals surface area contributed by atoms with E-state index in [1.165, 1.54) is 44.1 Å². The average molecular weight is 499 g/mol. The highest BCUT2D eigenvalue weighted by molar-refractivity contribution is 9.09. The molecule has 0 aromatic heterocycles. The number of carbonyl (C=O) groups is 1. The van der Waals surface area contributed by atoms with Crippen LogP contribution in [-0.2, 0) is 4.74 Å². The van der Waals surface area contributed by atoms with Crippen LogP contribution in [0.15, 0.2) is 54.6 Å². The van der Waals surface area contributed by atoms with Crippen molar-refractivity contribution < 1.29 is 14.3 Å². The maximum Gasteiger partial charge on any atom is 0.185 e. The van der Waals surface area contributed by atoms with Gasteiger partial charge in [0.2, 0.25) is 0 Å². The fourth-order valence-electron chi connectivity index (χ4n) is 4.27. The molecule has 0 bridgehead atoms. The highest BCUT2D eigenvalue weighted by atomic mass is 79.9. The molecule has 4 heteroatoms. The second kappa shape index (κ2) is 13.6. The second-order valence-corrected chi connectivity index (χ2v) is 9.33. The minimum atomic E-state index is 0.0283. The van der Waals surface area contributed by atoms with Crippen LogP contribution in [0.1, 0.15) is 78.8 Å². The summed E-state index contributed by atoms with van der Waals surface area (Å²) in [5.74, 6) is 1.42. The lowest BCUT2D eigenvalue weighted by molar-refractivity contribution is 0.0226. The maximum atomic E-state index is 12.5. The molecule has 1 saturated carbocycles. The Morgan fingerprint density at radius 2 is 1.62 bits per heavy atom. The van der Waals surface area contributed by atoms with E-state index in [9.17, 15) is 4.79 Å². The van der Waals surface area contributed by atoms with Gasteiger partial charge in [0.25, 0.3) is 0 Å². The zero-order chi connectivity index (χ0) is 22.6. The smallest absolute Gasteiger partial charge is 0.185 e. The van der Waals surface area contributed by atoms with Crippen molar-refractivity contribution in [2.45, 2.75) is 63.4 Å². The highest BCUT2D eigenvalue weighted by Crippen LogP contribution is 2.34. The number of benzene rings is 2. The van der Waals surface area contributed by atoms with Gasteiger partial charge in [-0.3, -0.25) is 4.79 Å². The molecule has 3 rings (SSSR count). The summed E-state index contributed by atoms with van der Waals surface area (Å²) >= 11 is 3.48. The fraction of sp³-hybridized carbons (Fsp3) is 0.464. The number of ether oxygens (including phenoxy) is 2. The van der Waals surface area contributed by atoms with Crippen molar-refractivity contribution in [3.63, 3.8) is 0 Å². The van der Waals surface area contributed by atoms with Gasteiger partial charge in [0.1, 0.15) is 5.75 Å². The molecular formula is C28H35BrO3. The summed E-state index contributed by atoms with van der Waals surface area (Å²) in [4.78, 5) is 12.5. The summed E-state index contributed by atoms with van der Waals surface area (Å²) in [6.07, 6.45) is 13.5. The topological polar surface area (TPSA) is 35.5 Å². The summed E-state index contributed by atoms with van der Waals surface area (Å²) in [6.45, 7) is 0.901. The van der Waals surface area contributed by atoms with Crippen molar-refractivity contribution in [2.75, 3.05) is 19.0 Å². The third kappa shape index (κ3) is 7.90. The lowest BCUT2D eigenvalue weighted by Crippen LogP contribution is -2.21. The second-order valence-electron chi connectivity index (χ2n) is 8.54.